The van der Waals surface area contributed by atoms with Gasteiger partial charge in [-0.1, -0.05) is 0 Å². The number of amides is 1. The van der Waals surface area contributed by atoms with Crippen LogP contribution in [0, 0.1) is 0 Å². The van der Waals surface area contributed by atoms with Gasteiger partial charge in [0.25, 0.3) is 0 Å². The van der Waals surface area contributed by atoms with Crippen LogP contribution in [0.2, 0.25) is 0 Å². The second kappa shape index (κ2) is 8.71. The van der Waals surface area contributed by atoms with Crippen molar-refractivity contribution in [1.29, 1.82) is 0 Å². The van der Waals surface area contributed by atoms with Gasteiger partial charge < -0.3 is 20.1 Å². The number of methoxy groups -OCH3 is 2. The van der Waals surface area contributed by atoms with Crippen molar-refractivity contribution in [2.24, 2.45) is 0 Å². The highest BCUT2D eigenvalue weighted by atomic mass is 16.5. The number of piperidine rings is 1. The maximum Gasteiger partial charge on any atom is 0.241 e. The van der Waals surface area contributed by atoms with Crippen LogP contribution in [0.5, 0.6) is 11.5 Å². The number of hydrogen-bond donors (Lipinski definition) is 2. The zero-order chi connectivity index (χ0) is 18.4. The van der Waals surface area contributed by atoms with E-state index in [0.717, 1.165) is 30.8 Å². The van der Waals surface area contributed by atoms with Gasteiger partial charge >= 0.3 is 0 Å². The molecule has 1 aromatic heterocycles. The minimum absolute atomic E-state index is 0.0804. The molecule has 0 radical (unpaired) electrons. The van der Waals surface area contributed by atoms with Gasteiger partial charge in [-0.05, 0) is 43.1 Å². The van der Waals surface area contributed by atoms with Crippen LogP contribution in [0.1, 0.15) is 30.0 Å². The minimum atomic E-state index is -0.0804. The lowest BCUT2D eigenvalue weighted by Gasteiger charge is -2.20. The lowest BCUT2D eigenvalue weighted by Crippen LogP contribution is -2.29. The molecule has 140 valence electrons. The number of carbonyl (C=O) groups excluding carboxylic acids is 1. The summed E-state index contributed by atoms with van der Waals surface area (Å²) in [5.41, 5.74) is 1.98. The van der Waals surface area contributed by atoms with Crippen LogP contribution in [0.25, 0.3) is 0 Å². The Balaban J connectivity index is 1.53. The fourth-order valence-corrected chi connectivity index (χ4v) is 3.16. The Kier molecular flexibility index (Phi) is 6.12. The first-order valence-electron chi connectivity index (χ1n) is 8.90. The zero-order valence-corrected chi connectivity index (χ0v) is 15.3. The molecule has 1 aliphatic heterocycles. The van der Waals surface area contributed by atoms with E-state index in [1.165, 1.54) is 6.42 Å². The molecule has 1 aliphatic rings. The van der Waals surface area contributed by atoms with Crippen molar-refractivity contribution in [3.05, 3.63) is 41.7 Å². The Hall–Kier alpha value is -2.54. The van der Waals surface area contributed by atoms with Crippen molar-refractivity contribution in [2.45, 2.75) is 31.8 Å². The summed E-state index contributed by atoms with van der Waals surface area (Å²) in [6, 6.07) is 7.57. The fraction of sp³-hybridized carbons (Fsp3) is 0.474. The summed E-state index contributed by atoms with van der Waals surface area (Å²) in [6.07, 6.45) is 4.19. The molecule has 1 saturated heterocycles. The Morgan fingerprint density at radius 3 is 2.73 bits per heavy atom. The van der Waals surface area contributed by atoms with E-state index in [0.29, 0.717) is 24.0 Å². The smallest absolute Gasteiger partial charge is 0.241 e. The number of nitrogens with one attached hydrogen (secondary N) is 2. The van der Waals surface area contributed by atoms with Gasteiger partial charge in [-0.2, -0.15) is 5.10 Å². The zero-order valence-electron chi connectivity index (χ0n) is 15.3. The van der Waals surface area contributed by atoms with Gasteiger partial charge in [0.05, 0.1) is 19.9 Å². The fourth-order valence-electron chi connectivity index (χ4n) is 3.16. The van der Waals surface area contributed by atoms with Crippen LogP contribution in [-0.2, 0) is 17.9 Å². The highest BCUT2D eigenvalue weighted by Crippen LogP contribution is 2.22. The second-order valence-corrected chi connectivity index (χ2v) is 6.48. The maximum atomic E-state index is 12.2. The Bertz CT molecular complexity index is 716. The van der Waals surface area contributed by atoms with Gasteiger partial charge in [0.2, 0.25) is 5.91 Å². The summed E-state index contributed by atoms with van der Waals surface area (Å²) in [5.74, 6) is 1.76. The van der Waals surface area contributed by atoms with E-state index in [1.807, 2.05) is 24.4 Å². The molecule has 26 heavy (non-hydrogen) atoms. The summed E-state index contributed by atoms with van der Waals surface area (Å²) >= 11 is 0. The average molecular weight is 358 g/mol. The molecular formula is C19H26N4O3. The third-order valence-corrected chi connectivity index (χ3v) is 4.58. The van der Waals surface area contributed by atoms with Crippen LogP contribution in [-0.4, -0.2) is 43.0 Å². The second-order valence-electron chi connectivity index (χ2n) is 6.48. The van der Waals surface area contributed by atoms with Crippen molar-refractivity contribution in [2.75, 3.05) is 27.3 Å². The number of rotatable bonds is 7. The van der Waals surface area contributed by atoms with Gasteiger partial charge in [0, 0.05) is 31.3 Å². The van der Waals surface area contributed by atoms with Crippen LogP contribution in [0.15, 0.2) is 30.5 Å². The molecule has 1 unspecified atom stereocenters. The molecular weight excluding hydrogens is 332 g/mol. The first-order chi connectivity index (χ1) is 12.7. The van der Waals surface area contributed by atoms with E-state index in [2.05, 4.69) is 15.7 Å². The predicted molar refractivity (Wildman–Crippen MR) is 98.5 cm³/mol. The molecule has 0 saturated carbocycles. The van der Waals surface area contributed by atoms with Crippen molar-refractivity contribution < 1.29 is 14.3 Å². The monoisotopic (exact) mass is 358 g/mol. The molecule has 1 aromatic carbocycles. The number of nitrogens with zero attached hydrogens (tertiary/aromatic N) is 2. The van der Waals surface area contributed by atoms with Crippen molar-refractivity contribution >= 4 is 5.91 Å². The van der Waals surface area contributed by atoms with Crippen molar-refractivity contribution in [3.8, 4) is 11.5 Å². The average Bonchev–Trinajstić information content (AvgIpc) is 3.15. The van der Waals surface area contributed by atoms with Gasteiger partial charge in [-0.3, -0.25) is 9.48 Å². The number of aromatic nitrogens is 2. The van der Waals surface area contributed by atoms with Gasteiger partial charge in [-0.15, -0.1) is 0 Å². The van der Waals surface area contributed by atoms with Crippen LogP contribution < -0.4 is 20.1 Å². The van der Waals surface area contributed by atoms with E-state index in [-0.39, 0.29) is 12.5 Å². The molecule has 7 nitrogen and oxygen atoms in total. The Morgan fingerprint density at radius 2 is 2.08 bits per heavy atom. The molecule has 0 aliphatic carbocycles. The van der Waals surface area contributed by atoms with E-state index >= 15 is 0 Å². The van der Waals surface area contributed by atoms with E-state index in [1.54, 1.807) is 25.0 Å². The summed E-state index contributed by atoms with van der Waals surface area (Å²) in [4.78, 5) is 12.2. The summed E-state index contributed by atoms with van der Waals surface area (Å²) in [6.45, 7) is 2.66. The molecule has 2 N–H and O–H groups in total. The Morgan fingerprint density at radius 1 is 1.31 bits per heavy atom. The van der Waals surface area contributed by atoms with E-state index < -0.39 is 0 Å². The van der Waals surface area contributed by atoms with Gasteiger partial charge in [-0.25, -0.2) is 0 Å². The van der Waals surface area contributed by atoms with Crippen LogP contribution in [0.3, 0.4) is 0 Å². The minimum Gasteiger partial charge on any atom is -0.497 e. The van der Waals surface area contributed by atoms with Crippen molar-refractivity contribution in [3.63, 3.8) is 0 Å². The molecule has 2 heterocycles. The summed E-state index contributed by atoms with van der Waals surface area (Å²) in [5, 5.41) is 10.9. The molecule has 2 aromatic rings. The predicted octanol–water partition coefficient (Wildman–Crippen LogP) is 1.68. The first-order valence-corrected chi connectivity index (χ1v) is 8.90. The largest absolute Gasteiger partial charge is 0.497 e. The molecule has 7 heteroatoms. The summed E-state index contributed by atoms with van der Waals surface area (Å²) in [7, 11) is 3.21. The molecule has 1 fully saturated rings. The standard InChI is InChI=1S/C19H26N4O3/c1-25-16-8-14(9-17(10-16)26-2)11-21-19(24)13-23-7-5-18(22-23)15-4-3-6-20-12-15/h5,7-10,15,20H,3-4,6,11-13H2,1-2H3,(H,21,24). The van der Waals surface area contributed by atoms with Crippen molar-refractivity contribution in [1.82, 2.24) is 20.4 Å². The number of ether oxygens (including phenoxy) is 2. The van der Waals surface area contributed by atoms with E-state index in [9.17, 15) is 4.79 Å². The molecule has 1 amide bonds. The van der Waals surface area contributed by atoms with Gasteiger partial charge in [0.1, 0.15) is 18.0 Å². The third kappa shape index (κ3) is 4.76. The topological polar surface area (TPSA) is 77.4 Å². The number of benzene rings is 1. The molecule has 3 rings (SSSR count). The molecule has 0 bridgehead atoms. The normalized spacial score (nSPS) is 16.9. The quantitative estimate of drug-likeness (QED) is 0.788. The maximum absolute atomic E-state index is 12.2. The summed E-state index contributed by atoms with van der Waals surface area (Å²) < 4.78 is 12.2. The van der Waals surface area contributed by atoms with E-state index in [4.69, 9.17) is 9.47 Å². The lowest BCUT2D eigenvalue weighted by molar-refractivity contribution is -0.122. The Labute approximate surface area is 153 Å². The molecule has 1 atom stereocenters. The molecule has 0 spiro atoms. The highest BCUT2D eigenvalue weighted by molar-refractivity contribution is 5.75. The van der Waals surface area contributed by atoms with Crippen LogP contribution >= 0.6 is 0 Å². The van der Waals surface area contributed by atoms with Crippen LogP contribution in [0.4, 0.5) is 0 Å². The SMILES string of the molecule is COc1cc(CNC(=O)Cn2ccc(C3CCCNC3)n2)cc(OC)c1. The lowest BCUT2D eigenvalue weighted by atomic mass is 9.97. The third-order valence-electron chi connectivity index (χ3n) is 4.58. The number of carbonyl (C=O) groups is 1. The highest BCUT2D eigenvalue weighted by Gasteiger charge is 2.17. The van der Waals surface area contributed by atoms with Gasteiger partial charge in [0.15, 0.2) is 0 Å². The first kappa shape index (κ1) is 18.3. The number of hydrogen-bond acceptors (Lipinski definition) is 5.